The minimum atomic E-state index is -0.545. The standard InChI is InChI=1S/C17H26N2O3/c1-17(2)10-15(13-6-4-5-7-14(13)17)19-16(21)18-9-8-12(20)11-22-3/h4-7,12,15,20H,8-11H2,1-3H3,(H2,18,19,21). The van der Waals surface area contributed by atoms with Gasteiger partial charge in [0, 0.05) is 13.7 Å². The molecule has 0 saturated carbocycles. The van der Waals surface area contributed by atoms with Crippen LogP contribution < -0.4 is 10.6 Å². The molecule has 0 heterocycles. The number of urea groups is 1. The maximum Gasteiger partial charge on any atom is 0.315 e. The van der Waals surface area contributed by atoms with Crippen LogP contribution in [-0.2, 0) is 10.2 Å². The van der Waals surface area contributed by atoms with Gasteiger partial charge in [-0.25, -0.2) is 4.79 Å². The smallest absolute Gasteiger partial charge is 0.315 e. The lowest BCUT2D eigenvalue weighted by atomic mass is 9.86. The summed E-state index contributed by atoms with van der Waals surface area (Å²) < 4.78 is 4.85. The molecule has 0 bridgehead atoms. The first kappa shape index (κ1) is 16.8. The molecule has 2 rings (SSSR count). The van der Waals surface area contributed by atoms with Gasteiger partial charge in [0.05, 0.1) is 18.8 Å². The fraction of sp³-hybridized carbons (Fsp3) is 0.588. The first-order valence-electron chi connectivity index (χ1n) is 7.75. The Morgan fingerprint density at radius 3 is 2.91 bits per heavy atom. The van der Waals surface area contributed by atoms with Gasteiger partial charge in [0.2, 0.25) is 0 Å². The molecule has 2 atom stereocenters. The number of benzene rings is 1. The van der Waals surface area contributed by atoms with E-state index in [0.717, 1.165) is 6.42 Å². The number of carbonyl (C=O) groups excluding carboxylic acids is 1. The first-order valence-corrected chi connectivity index (χ1v) is 7.75. The van der Waals surface area contributed by atoms with Crippen molar-refractivity contribution < 1.29 is 14.6 Å². The zero-order valence-corrected chi connectivity index (χ0v) is 13.6. The molecule has 1 aromatic rings. The number of nitrogens with one attached hydrogen (secondary N) is 2. The monoisotopic (exact) mass is 306 g/mol. The number of aliphatic hydroxyl groups is 1. The summed E-state index contributed by atoms with van der Waals surface area (Å²) in [6.45, 7) is 5.11. The van der Waals surface area contributed by atoms with Crippen LogP contribution in [0.1, 0.15) is 43.9 Å². The average molecular weight is 306 g/mol. The molecule has 2 unspecified atom stereocenters. The topological polar surface area (TPSA) is 70.6 Å². The van der Waals surface area contributed by atoms with Crippen molar-refractivity contribution >= 4 is 6.03 Å². The van der Waals surface area contributed by atoms with Crippen LogP contribution in [0, 0.1) is 0 Å². The van der Waals surface area contributed by atoms with Crippen LogP contribution in [0.2, 0.25) is 0 Å². The summed E-state index contributed by atoms with van der Waals surface area (Å²) in [5.74, 6) is 0. The van der Waals surface area contributed by atoms with Gasteiger partial charge in [-0.3, -0.25) is 0 Å². The molecule has 3 N–H and O–H groups in total. The number of rotatable bonds is 6. The van der Waals surface area contributed by atoms with Gasteiger partial charge < -0.3 is 20.5 Å². The highest BCUT2D eigenvalue weighted by atomic mass is 16.5. The van der Waals surface area contributed by atoms with Crippen LogP contribution in [0.3, 0.4) is 0 Å². The number of ether oxygens (including phenoxy) is 1. The Hall–Kier alpha value is -1.59. The zero-order valence-electron chi connectivity index (χ0n) is 13.6. The van der Waals surface area contributed by atoms with Crippen molar-refractivity contribution in [1.82, 2.24) is 10.6 Å². The molecule has 0 aliphatic heterocycles. The molecule has 2 amide bonds. The maximum absolute atomic E-state index is 12.0. The molecular formula is C17H26N2O3. The number of fused-ring (bicyclic) bond motifs is 1. The van der Waals surface area contributed by atoms with E-state index in [2.05, 4.69) is 36.6 Å². The van der Waals surface area contributed by atoms with Crippen LogP contribution >= 0.6 is 0 Å². The molecule has 0 aromatic heterocycles. The lowest BCUT2D eigenvalue weighted by molar-refractivity contribution is 0.0598. The Morgan fingerprint density at radius 2 is 2.18 bits per heavy atom. The molecule has 1 aliphatic carbocycles. The summed E-state index contributed by atoms with van der Waals surface area (Å²) in [6.07, 6.45) is 0.830. The van der Waals surface area contributed by atoms with E-state index in [9.17, 15) is 9.90 Å². The summed E-state index contributed by atoms with van der Waals surface area (Å²) in [5.41, 5.74) is 2.57. The molecule has 0 radical (unpaired) electrons. The Balaban J connectivity index is 1.86. The molecule has 5 heteroatoms. The second-order valence-corrected chi connectivity index (χ2v) is 6.53. The molecular weight excluding hydrogens is 280 g/mol. The van der Waals surface area contributed by atoms with Crippen LogP contribution in [0.4, 0.5) is 4.79 Å². The van der Waals surface area contributed by atoms with E-state index in [4.69, 9.17) is 4.74 Å². The third kappa shape index (κ3) is 3.99. The van der Waals surface area contributed by atoms with Crippen molar-refractivity contribution in [2.24, 2.45) is 0 Å². The number of methoxy groups -OCH3 is 1. The molecule has 0 saturated heterocycles. The van der Waals surface area contributed by atoms with Crippen molar-refractivity contribution in [3.05, 3.63) is 35.4 Å². The zero-order chi connectivity index (χ0) is 16.2. The van der Waals surface area contributed by atoms with Crippen LogP contribution in [-0.4, -0.2) is 37.5 Å². The number of hydrogen-bond acceptors (Lipinski definition) is 3. The third-order valence-corrected chi connectivity index (χ3v) is 4.21. The first-order chi connectivity index (χ1) is 10.4. The largest absolute Gasteiger partial charge is 0.391 e. The summed E-state index contributed by atoms with van der Waals surface area (Å²) in [5, 5.41) is 15.4. The maximum atomic E-state index is 12.0. The Morgan fingerprint density at radius 1 is 1.45 bits per heavy atom. The lowest BCUT2D eigenvalue weighted by Gasteiger charge is -2.19. The normalized spacial score (nSPS) is 20.3. The van der Waals surface area contributed by atoms with E-state index in [-0.39, 0.29) is 24.1 Å². The van der Waals surface area contributed by atoms with Crippen molar-refractivity contribution in [3.8, 4) is 0 Å². The average Bonchev–Trinajstić information content (AvgIpc) is 2.71. The SMILES string of the molecule is COCC(O)CCNC(=O)NC1CC(C)(C)c2ccccc21. The summed E-state index contributed by atoms with van der Waals surface area (Å²) in [7, 11) is 1.54. The minimum absolute atomic E-state index is 0.0371. The molecule has 5 nitrogen and oxygen atoms in total. The molecule has 1 aromatic carbocycles. The fourth-order valence-corrected chi connectivity index (χ4v) is 3.11. The fourth-order valence-electron chi connectivity index (χ4n) is 3.11. The Kier molecular flexibility index (Phi) is 5.42. The van der Waals surface area contributed by atoms with Gasteiger partial charge in [-0.05, 0) is 29.4 Å². The van der Waals surface area contributed by atoms with Gasteiger partial charge in [0.15, 0.2) is 0 Å². The second-order valence-electron chi connectivity index (χ2n) is 6.53. The highest BCUT2D eigenvalue weighted by Crippen LogP contribution is 2.44. The van der Waals surface area contributed by atoms with Crippen molar-refractivity contribution in [2.45, 2.75) is 44.2 Å². The van der Waals surface area contributed by atoms with Gasteiger partial charge in [-0.2, -0.15) is 0 Å². The van der Waals surface area contributed by atoms with Crippen LogP contribution in [0.25, 0.3) is 0 Å². The molecule has 1 aliphatic rings. The van der Waals surface area contributed by atoms with E-state index in [0.29, 0.717) is 13.0 Å². The van der Waals surface area contributed by atoms with Gasteiger partial charge in [-0.15, -0.1) is 0 Å². The van der Waals surface area contributed by atoms with Crippen LogP contribution in [0.15, 0.2) is 24.3 Å². The molecule has 0 fully saturated rings. The van der Waals surface area contributed by atoms with E-state index in [1.165, 1.54) is 11.1 Å². The third-order valence-electron chi connectivity index (χ3n) is 4.21. The van der Waals surface area contributed by atoms with E-state index in [1.54, 1.807) is 7.11 Å². The summed E-state index contributed by atoms with van der Waals surface area (Å²) >= 11 is 0. The van der Waals surface area contributed by atoms with Gasteiger partial charge in [0.25, 0.3) is 0 Å². The van der Waals surface area contributed by atoms with Crippen molar-refractivity contribution in [1.29, 1.82) is 0 Å². The number of hydrogen-bond donors (Lipinski definition) is 3. The predicted octanol–water partition coefficient (Wildman–Crippen LogP) is 2.11. The van der Waals surface area contributed by atoms with Gasteiger partial charge >= 0.3 is 6.03 Å². The quantitative estimate of drug-likeness (QED) is 0.754. The van der Waals surface area contributed by atoms with Gasteiger partial charge in [-0.1, -0.05) is 38.1 Å². The highest BCUT2D eigenvalue weighted by Gasteiger charge is 2.36. The lowest BCUT2D eigenvalue weighted by Crippen LogP contribution is -2.39. The Bertz CT molecular complexity index is 516. The van der Waals surface area contributed by atoms with Gasteiger partial charge in [0.1, 0.15) is 0 Å². The summed E-state index contributed by atoms with van der Waals surface area (Å²) in [4.78, 5) is 12.0. The molecule has 0 spiro atoms. The minimum Gasteiger partial charge on any atom is -0.391 e. The van der Waals surface area contributed by atoms with Crippen molar-refractivity contribution in [2.75, 3.05) is 20.3 Å². The molecule has 122 valence electrons. The predicted molar refractivity (Wildman–Crippen MR) is 85.9 cm³/mol. The Labute approximate surface area is 132 Å². The second kappa shape index (κ2) is 7.11. The summed E-state index contributed by atoms with van der Waals surface area (Å²) in [6, 6.07) is 8.11. The van der Waals surface area contributed by atoms with Crippen molar-refractivity contribution in [3.63, 3.8) is 0 Å². The van der Waals surface area contributed by atoms with E-state index in [1.807, 2.05) is 12.1 Å². The van der Waals surface area contributed by atoms with Crippen LogP contribution in [0.5, 0.6) is 0 Å². The number of aliphatic hydroxyl groups excluding tert-OH is 1. The van der Waals surface area contributed by atoms with E-state index < -0.39 is 6.10 Å². The van der Waals surface area contributed by atoms with E-state index >= 15 is 0 Å². The highest BCUT2D eigenvalue weighted by molar-refractivity contribution is 5.74. The number of amides is 2. The molecule has 22 heavy (non-hydrogen) atoms. The number of carbonyl (C=O) groups is 1.